The maximum atomic E-state index is 13.4. The van der Waals surface area contributed by atoms with E-state index in [4.69, 9.17) is 0 Å². The number of anilines is 1. The molecule has 23 heavy (non-hydrogen) atoms. The molecule has 2 rings (SSSR count). The van der Waals surface area contributed by atoms with E-state index >= 15 is 0 Å². The van der Waals surface area contributed by atoms with E-state index in [0.29, 0.717) is 10.6 Å². The first kappa shape index (κ1) is 17.1. The molecule has 0 spiro atoms. The van der Waals surface area contributed by atoms with Crippen LogP contribution in [0.5, 0.6) is 0 Å². The van der Waals surface area contributed by atoms with Gasteiger partial charge in [-0.15, -0.1) is 11.8 Å². The molecule has 0 aliphatic heterocycles. The van der Waals surface area contributed by atoms with Crippen LogP contribution in [0.1, 0.15) is 16.1 Å². The molecule has 1 aromatic carbocycles. The highest BCUT2D eigenvalue weighted by Crippen LogP contribution is 2.29. The van der Waals surface area contributed by atoms with Gasteiger partial charge >= 0.3 is 0 Å². The Morgan fingerprint density at radius 2 is 2.09 bits per heavy atom. The van der Waals surface area contributed by atoms with Gasteiger partial charge in [-0.05, 0) is 25.1 Å². The van der Waals surface area contributed by atoms with Gasteiger partial charge in [-0.1, -0.05) is 0 Å². The van der Waals surface area contributed by atoms with Crippen LogP contribution in [-0.4, -0.2) is 23.1 Å². The van der Waals surface area contributed by atoms with Gasteiger partial charge in [0.15, 0.2) is 5.43 Å². The third-order valence-electron chi connectivity index (χ3n) is 2.86. The second kappa shape index (κ2) is 7.36. The van der Waals surface area contributed by atoms with Crippen LogP contribution in [0.25, 0.3) is 0 Å². The molecule has 0 fully saturated rings. The summed E-state index contributed by atoms with van der Waals surface area (Å²) < 4.78 is 38.0. The van der Waals surface area contributed by atoms with Gasteiger partial charge in [0, 0.05) is 22.9 Å². The molecule has 2 aromatic rings. The number of carbonyl (C=O) groups is 1. The molecule has 0 saturated carbocycles. The zero-order valence-electron chi connectivity index (χ0n) is 12.0. The van der Waals surface area contributed by atoms with Crippen molar-refractivity contribution in [1.82, 2.24) is 4.98 Å². The van der Waals surface area contributed by atoms with Crippen molar-refractivity contribution in [2.24, 2.45) is 0 Å². The van der Waals surface area contributed by atoms with Crippen molar-refractivity contribution >= 4 is 23.4 Å². The molecule has 0 bridgehead atoms. The Morgan fingerprint density at radius 1 is 1.35 bits per heavy atom. The number of hydrogen-bond acceptors (Lipinski definition) is 3. The summed E-state index contributed by atoms with van der Waals surface area (Å²) in [6.45, 7) is 1.66. The summed E-state index contributed by atoms with van der Waals surface area (Å²) >= 11 is 0.790. The molecule has 1 amide bonds. The van der Waals surface area contributed by atoms with Crippen molar-refractivity contribution in [1.29, 1.82) is 0 Å². The fourth-order valence-electron chi connectivity index (χ4n) is 1.82. The lowest BCUT2D eigenvalue weighted by Crippen LogP contribution is -2.22. The van der Waals surface area contributed by atoms with E-state index < -0.39 is 29.3 Å². The van der Waals surface area contributed by atoms with Crippen LogP contribution < -0.4 is 10.7 Å². The lowest BCUT2D eigenvalue weighted by atomic mass is 10.2. The van der Waals surface area contributed by atoms with E-state index in [2.05, 4.69) is 10.3 Å². The van der Waals surface area contributed by atoms with Crippen molar-refractivity contribution in [2.75, 3.05) is 11.1 Å². The van der Waals surface area contributed by atoms with Crippen molar-refractivity contribution in [3.63, 3.8) is 0 Å². The molecule has 0 aliphatic carbocycles. The zero-order chi connectivity index (χ0) is 17.0. The monoisotopic (exact) mass is 342 g/mol. The Balaban J connectivity index is 2.26. The number of pyridine rings is 1. The van der Waals surface area contributed by atoms with Crippen LogP contribution in [0.15, 0.2) is 40.2 Å². The van der Waals surface area contributed by atoms with E-state index in [0.717, 1.165) is 23.9 Å². The largest absolute Gasteiger partial charge is 0.364 e. The number of alkyl halides is 2. The van der Waals surface area contributed by atoms with Gasteiger partial charge < -0.3 is 10.3 Å². The number of aromatic nitrogens is 1. The first-order valence-corrected chi connectivity index (χ1v) is 7.56. The van der Waals surface area contributed by atoms with E-state index in [1.807, 2.05) is 0 Å². The average Bonchev–Trinajstić information content (AvgIpc) is 2.46. The summed E-state index contributed by atoms with van der Waals surface area (Å²) in [7, 11) is 0. The predicted octanol–water partition coefficient (Wildman–Crippen LogP) is 3.43. The van der Waals surface area contributed by atoms with Gasteiger partial charge in [0.2, 0.25) is 6.43 Å². The summed E-state index contributed by atoms with van der Waals surface area (Å²) in [4.78, 5) is 26.9. The number of nitrogens with one attached hydrogen (secondary N) is 2. The third kappa shape index (κ3) is 4.62. The lowest BCUT2D eigenvalue weighted by Gasteiger charge is -2.11. The van der Waals surface area contributed by atoms with Crippen LogP contribution in [0.4, 0.5) is 18.9 Å². The van der Waals surface area contributed by atoms with Crippen LogP contribution in [0.3, 0.4) is 0 Å². The molecule has 1 aromatic heterocycles. The van der Waals surface area contributed by atoms with E-state index in [-0.39, 0.29) is 11.3 Å². The van der Waals surface area contributed by atoms with Crippen LogP contribution >= 0.6 is 11.8 Å². The van der Waals surface area contributed by atoms with Crippen molar-refractivity contribution in [3.8, 4) is 0 Å². The molecule has 122 valence electrons. The van der Waals surface area contributed by atoms with E-state index in [9.17, 15) is 22.8 Å². The minimum absolute atomic E-state index is 0.0422. The fourth-order valence-corrected chi connectivity index (χ4v) is 2.55. The Morgan fingerprint density at radius 3 is 2.74 bits per heavy atom. The number of amides is 1. The standard InChI is InChI=1S/C15H13F3N2O2S/c1-8-4-12(21)10(6-19-8)15(22)20-11-5-9(16)2-3-13(11)23-7-14(17)18/h2-6,14H,7H2,1H3,(H,19,21)(H,20,22). The Hall–Kier alpha value is -2.22. The number of benzene rings is 1. The van der Waals surface area contributed by atoms with Crippen molar-refractivity contribution in [3.05, 3.63) is 57.8 Å². The number of carbonyl (C=O) groups excluding carboxylic acids is 1. The summed E-state index contributed by atoms with van der Waals surface area (Å²) in [6, 6.07) is 4.69. The van der Waals surface area contributed by atoms with E-state index in [1.54, 1.807) is 6.92 Å². The zero-order valence-corrected chi connectivity index (χ0v) is 12.8. The first-order chi connectivity index (χ1) is 10.9. The first-order valence-electron chi connectivity index (χ1n) is 6.58. The predicted molar refractivity (Wildman–Crippen MR) is 82.9 cm³/mol. The minimum Gasteiger partial charge on any atom is -0.364 e. The SMILES string of the molecule is Cc1cc(=O)c(C(=O)Nc2cc(F)ccc2SCC(F)F)c[nH]1. The van der Waals surface area contributed by atoms with Gasteiger partial charge in [-0.2, -0.15) is 0 Å². The maximum Gasteiger partial charge on any atom is 0.261 e. The molecule has 1 heterocycles. The number of thioether (sulfide) groups is 1. The van der Waals surface area contributed by atoms with Crippen LogP contribution in [0, 0.1) is 12.7 Å². The maximum absolute atomic E-state index is 13.4. The lowest BCUT2D eigenvalue weighted by molar-refractivity contribution is 0.102. The summed E-state index contributed by atoms with van der Waals surface area (Å²) in [5.74, 6) is -1.85. The molecular weight excluding hydrogens is 329 g/mol. The second-order valence-electron chi connectivity index (χ2n) is 4.69. The quantitative estimate of drug-likeness (QED) is 0.819. The highest BCUT2D eigenvalue weighted by Gasteiger charge is 2.15. The normalized spacial score (nSPS) is 10.8. The minimum atomic E-state index is -2.53. The average molecular weight is 342 g/mol. The van der Waals surface area contributed by atoms with Gasteiger partial charge in [-0.3, -0.25) is 9.59 Å². The molecule has 0 atom stereocenters. The van der Waals surface area contributed by atoms with E-state index in [1.165, 1.54) is 18.3 Å². The number of rotatable bonds is 5. The van der Waals surface area contributed by atoms with Gasteiger partial charge in [0.25, 0.3) is 5.91 Å². The van der Waals surface area contributed by atoms with Crippen LogP contribution in [-0.2, 0) is 0 Å². The highest BCUT2D eigenvalue weighted by molar-refractivity contribution is 7.99. The van der Waals surface area contributed by atoms with Crippen molar-refractivity contribution < 1.29 is 18.0 Å². The molecule has 8 heteroatoms. The number of aryl methyl sites for hydroxylation is 1. The molecule has 2 N–H and O–H groups in total. The van der Waals surface area contributed by atoms with Gasteiger partial charge in [0.1, 0.15) is 11.4 Å². The third-order valence-corrected chi connectivity index (χ3v) is 3.94. The molecular formula is C15H13F3N2O2S. The smallest absolute Gasteiger partial charge is 0.261 e. The van der Waals surface area contributed by atoms with Crippen molar-refractivity contribution in [2.45, 2.75) is 18.2 Å². The Kier molecular flexibility index (Phi) is 5.49. The number of H-pyrrole nitrogens is 1. The van der Waals surface area contributed by atoms with Crippen LogP contribution in [0.2, 0.25) is 0 Å². The highest BCUT2D eigenvalue weighted by atomic mass is 32.2. The number of hydrogen-bond donors (Lipinski definition) is 2. The Labute approximate surface area is 134 Å². The molecule has 0 unspecified atom stereocenters. The molecule has 0 radical (unpaired) electrons. The summed E-state index contributed by atoms with van der Waals surface area (Å²) in [5, 5.41) is 2.39. The van der Waals surface area contributed by atoms with Gasteiger partial charge in [0.05, 0.1) is 11.4 Å². The molecule has 0 saturated heterocycles. The fraction of sp³-hybridized carbons (Fsp3) is 0.200. The van der Waals surface area contributed by atoms with Gasteiger partial charge in [-0.25, -0.2) is 13.2 Å². The molecule has 0 aliphatic rings. The summed E-state index contributed by atoms with van der Waals surface area (Å²) in [6.07, 6.45) is -1.29. The summed E-state index contributed by atoms with van der Waals surface area (Å²) in [5.41, 5.74) is -0.00674. The number of aromatic amines is 1. The second-order valence-corrected chi connectivity index (χ2v) is 5.75. The molecule has 4 nitrogen and oxygen atoms in total. The topological polar surface area (TPSA) is 62.0 Å². The Bertz CT molecular complexity index is 778. The number of halogens is 3.